The van der Waals surface area contributed by atoms with Crippen LogP contribution in [0, 0.1) is 6.92 Å². The monoisotopic (exact) mass is 380 g/mol. The van der Waals surface area contributed by atoms with Crippen molar-refractivity contribution in [1.82, 2.24) is 39.3 Å². The van der Waals surface area contributed by atoms with E-state index in [1.54, 1.807) is 23.0 Å². The highest BCUT2D eigenvalue weighted by molar-refractivity contribution is 5.17. The minimum Gasteiger partial charge on any atom is -0.299 e. The van der Waals surface area contributed by atoms with E-state index in [9.17, 15) is 4.79 Å². The van der Waals surface area contributed by atoms with Crippen LogP contribution in [-0.2, 0) is 13.1 Å². The van der Waals surface area contributed by atoms with Crippen LogP contribution in [0.4, 0.5) is 0 Å². The predicted molar refractivity (Wildman–Crippen MR) is 104 cm³/mol. The first-order valence-electron chi connectivity index (χ1n) is 9.48. The lowest BCUT2D eigenvalue weighted by Gasteiger charge is -2.34. The van der Waals surface area contributed by atoms with Gasteiger partial charge in [-0.25, -0.2) is 9.36 Å². The lowest BCUT2D eigenvalue weighted by Crippen LogP contribution is -2.47. The van der Waals surface area contributed by atoms with Gasteiger partial charge in [0, 0.05) is 70.1 Å². The number of piperazine rings is 1. The van der Waals surface area contributed by atoms with Gasteiger partial charge in [-0.1, -0.05) is 0 Å². The predicted octanol–water partition coefficient (Wildman–Crippen LogP) is 0.345. The molecule has 9 nitrogen and oxygen atoms in total. The molecule has 146 valence electrons. The van der Waals surface area contributed by atoms with E-state index < -0.39 is 0 Å². The molecule has 0 aliphatic carbocycles. The average Bonchev–Trinajstić information content (AvgIpc) is 3.25. The topological polar surface area (TPSA) is 85.0 Å². The third-order valence-corrected chi connectivity index (χ3v) is 4.90. The molecule has 0 spiro atoms. The highest BCUT2D eigenvalue weighted by atomic mass is 16.1. The zero-order valence-electron chi connectivity index (χ0n) is 16.0. The molecule has 3 aromatic rings. The van der Waals surface area contributed by atoms with Crippen molar-refractivity contribution in [2.24, 2.45) is 0 Å². The van der Waals surface area contributed by atoms with Crippen LogP contribution in [-0.4, -0.2) is 72.1 Å². The van der Waals surface area contributed by atoms with Crippen LogP contribution in [0.25, 0.3) is 5.82 Å². The summed E-state index contributed by atoms with van der Waals surface area (Å²) in [5, 5.41) is 8.60. The van der Waals surface area contributed by atoms with Crippen LogP contribution < -0.4 is 5.56 Å². The summed E-state index contributed by atoms with van der Waals surface area (Å²) in [6.07, 6.45) is 7.17. The number of hydrogen-bond acceptors (Lipinski definition) is 7. The molecule has 28 heavy (non-hydrogen) atoms. The molecular weight excluding hydrogens is 356 g/mol. The second kappa shape index (κ2) is 8.41. The number of rotatable bonds is 6. The Bertz CT molecular complexity index is 943. The van der Waals surface area contributed by atoms with E-state index in [4.69, 9.17) is 0 Å². The van der Waals surface area contributed by atoms with Crippen LogP contribution in [0.1, 0.15) is 11.4 Å². The fourth-order valence-electron chi connectivity index (χ4n) is 3.26. The molecule has 0 aromatic carbocycles. The van der Waals surface area contributed by atoms with Crippen molar-refractivity contribution in [2.45, 2.75) is 20.0 Å². The fourth-order valence-corrected chi connectivity index (χ4v) is 3.26. The molecule has 9 heteroatoms. The highest BCUT2D eigenvalue weighted by Crippen LogP contribution is 2.07. The molecule has 0 amide bonds. The molecule has 1 aliphatic rings. The SMILES string of the molecule is Cc1cnc(CN2CCN(CCn3nc(-n4cccn4)ccc3=O)CC2)cn1. The standard InChI is InChI=1S/C19H24N8O/c1-16-13-21-17(14-20-16)15-25-9-7-24(8-10-25)11-12-27-19(28)4-3-18(23-27)26-6-2-5-22-26/h2-6,13-14H,7-12,15H2,1H3. The van der Waals surface area contributed by atoms with Crippen molar-refractivity contribution >= 4 is 0 Å². The average molecular weight is 380 g/mol. The third kappa shape index (κ3) is 4.49. The second-order valence-corrected chi connectivity index (χ2v) is 6.97. The smallest absolute Gasteiger partial charge is 0.266 e. The summed E-state index contributed by atoms with van der Waals surface area (Å²) in [5.74, 6) is 0.647. The van der Waals surface area contributed by atoms with Crippen LogP contribution >= 0.6 is 0 Å². The first-order valence-corrected chi connectivity index (χ1v) is 9.48. The Kier molecular flexibility index (Phi) is 5.54. The minimum atomic E-state index is -0.0903. The van der Waals surface area contributed by atoms with Gasteiger partial charge in [0.25, 0.3) is 5.56 Å². The molecule has 0 saturated carbocycles. The molecule has 1 saturated heterocycles. The van der Waals surface area contributed by atoms with Crippen molar-refractivity contribution < 1.29 is 0 Å². The van der Waals surface area contributed by atoms with Crippen LogP contribution in [0.5, 0.6) is 0 Å². The van der Waals surface area contributed by atoms with Gasteiger partial charge in [-0.3, -0.25) is 24.6 Å². The summed E-state index contributed by atoms with van der Waals surface area (Å²) in [6.45, 7) is 8.02. The molecule has 0 atom stereocenters. The largest absolute Gasteiger partial charge is 0.299 e. The molecule has 0 radical (unpaired) electrons. The molecule has 3 aromatic heterocycles. The minimum absolute atomic E-state index is 0.0903. The lowest BCUT2D eigenvalue weighted by atomic mass is 10.3. The summed E-state index contributed by atoms with van der Waals surface area (Å²) in [5.41, 5.74) is 1.85. The summed E-state index contributed by atoms with van der Waals surface area (Å²) < 4.78 is 3.17. The first kappa shape index (κ1) is 18.5. The van der Waals surface area contributed by atoms with Crippen molar-refractivity contribution in [2.75, 3.05) is 32.7 Å². The van der Waals surface area contributed by atoms with Crippen molar-refractivity contribution in [3.63, 3.8) is 0 Å². The van der Waals surface area contributed by atoms with E-state index in [2.05, 4.69) is 30.0 Å². The summed E-state index contributed by atoms with van der Waals surface area (Å²) in [7, 11) is 0. The maximum atomic E-state index is 12.1. The Hall–Kier alpha value is -2.91. The molecular formula is C19H24N8O. The van der Waals surface area contributed by atoms with Gasteiger partial charge in [0.15, 0.2) is 5.82 Å². The Balaban J connectivity index is 1.29. The van der Waals surface area contributed by atoms with Gasteiger partial charge < -0.3 is 0 Å². The van der Waals surface area contributed by atoms with Crippen molar-refractivity contribution in [3.8, 4) is 5.82 Å². The maximum absolute atomic E-state index is 12.1. The molecule has 0 unspecified atom stereocenters. The number of aromatic nitrogens is 6. The Morgan fingerprint density at radius 2 is 1.82 bits per heavy atom. The Labute approximate surface area is 163 Å². The number of hydrogen-bond donors (Lipinski definition) is 0. The van der Waals surface area contributed by atoms with Crippen molar-refractivity contribution in [1.29, 1.82) is 0 Å². The summed E-state index contributed by atoms with van der Waals surface area (Å²) in [4.78, 5) is 25.6. The third-order valence-electron chi connectivity index (χ3n) is 4.90. The molecule has 1 aliphatic heterocycles. The summed E-state index contributed by atoms with van der Waals surface area (Å²) >= 11 is 0. The van der Waals surface area contributed by atoms with Gasteiger partial charge >= 0.3 is 0 Å². The zero-order valence-corrected chi connectivity index (χ0v) is 16.0. The second-order valence-electron chi connectivity index (χ2n) is 6.97. The quantitative estimate of drug-likeness (QED) is 0.610. The molecule has 0 bridgehead atoms. The summed E-state index contributed by atoms with van der Waals surface area (Å²) in [6, 6.07) is 5.07. The van der Waals surface area contributed by atoms with E-state index in [1.807, 2.05) is 31.6 Å². The maximum Gasteiger partial charge on any atom is 0.266 e. The van der Waals surface area contributed by atoms with E-state index in [0.29, 0.717) is 12.4 Å². The van der Waals surface area contributed by atoms with Gasteiger partial charge in [-0.05, 0) is 19.1 Å². The number of aryl methyl sites for hydroxylation is 1. The number of nitrogens with zero attached hydrogens (tertiary/aromatic N) is 8. The first-order chi connectivity index (χ1) is 13.7. The van der Waals surface area contributed by atoms with Crippen LogP contribution in [0.2, 0.25) is 0 Å². The lowest BCUT2D eigenvalue weighted by molar-refractivity contribution is 0.121. The normalized spacial score (nSPS) is 15.8. The van der Waals surface area contributed by atoms with E-state index in [0.717, 1.165) is 50.7 Å². The molecule has 0 N–H and O–H groups in total. The van der Waals surface area contributed by atoms with Crippen LogP contribution in [0.3, 0.4) is 0 Å². The zero-order chi connectivity index (χ0) is 19.3. The van der Waals surface area contributed by atoms with Crippen LogP contribution in [0.15, 0.2) is 47.8 Å². The van der Waals surface area contributed by atoms with E-state index >= 15 is 0 Å². The van der Waals surface area contributed by atoms with Gasteiger partial charge in [-0.15, -0.1) is 5.10 Å². The molecule has 4 rings (SSSR count). The van der Waals surface area contributed by atoms with Gasteiger partial charge in [-0.2, -0.15) is 5.10 Å². The Morgan fingerprint density at radius 1 is 1.00 bits per heavy atom. The molecule has 1 fully saturated rings. The van der Waals surface area contributed by atoms with Gasteiger partial charge in [0.1, 0.15) is 0 Å². The van der Waals surface area contributed by atoms with E-state index in [-0.39, 0.29) is 5.56 Å². The fraction of sp³-hybridized carbons (Fsp3) is 0.421. The van der Waals surface area contributed by atoms with Gasteiger partial charge in [0.2, 0.25) is 0 Å². The van der Waals surface area contributed by atoms with Crippen molar-refractivity contribution in [3.05, 3.63) is 64.7 Å². The highest BCUT2D eigenvalue weighted by Gasteiger charge is 2.17. The molecule has 4 heterocycles. The van der Waals surface area contributed by atoms with E-state index in [1.165, 1.54) is 4.68 Å². The Morgan fingerprint density at radius 3 is 2.54 bits per heavy atom. The van der Waals surface area contributed by atoms with Gasteiger partial charge in [0.05, 0.1) is 17.9 Å².